The van der Waals surface area contributed by atoms with Crippen LogP contribution < -0.4 is 4.90 Å². The van der Waals surface area contributed by atoms with E-state index in [1.807, 2.05) is 25.3 Å². The predicted molar refractivity (Wildman–Crippen MR) is 122 cm³/mol. The first kappa shape index (κ1) is 24.0. The minimum atomic E-state index is -3.55. The van der Waals surface area contributed by atoms with E-state index < -0.39 is 16.0 Å². The van der Waals surface area contributed by atoms with Crippen LogP contribution in [0, 0.1) is 13.8 Å². The van der Waals surface area contributed by atoms with Crippen molar-refractivity contribution in [3.8, 4) is 0 Å². The van der Waals surface area contributed by atoms with Gasteiger partial charge in [0.1, 0.15) is 6.54 Å². The third-order valence-corrected chi connectivity index (χ3v) is 8.00. The van der Waals surface area contributed by atoms with Crippen molar-refractivity contribution in [3.05, 3.63) is 46.8 Å². The largest absolute Gasteiger partial charge is 0.462 e. The Morgan fingerprint density at radius 2 is 1.78 bits per heavy atom. The molecule has 8 nitrogen and oxygen atoms in total. The zero-order valence-corrected chi connectivity index (χ0v) is 20.2. The van der Waals surface area contributed by atoms with E-state index >= 15 is 0 Å². The molecule has 0 fully saturated rings. The molecule has 1 aliphatic heterocycles. The summed E-state index contributed by atoms with van der Waals surface area (Å²) in [6, 6.07) is 6.71. The second kappa shape index (κ2) is 9.46. The molecule has 0 saturated heterocycles. The number of hydrogen-bond donors (Lipinski definition) is 0. The van der Waals surface area contributed by atoms with Crippen molar-refractivity contribution in [1.82, 2.24) is 8.87 Å². The van der Waals surface area contributed by atoms with Crippen molar-refractivity contribution in [3.63, 3.8) is 0 Å². The molecule has 2 aromatic rings. The molecule has 0 bridgehead atoms. The molecular weight excluding hydrogens is 430 g/mol. The second-order valence-corrected chi connectivity index (χ2v) is 9.70. The van der Waals surface area contributed by atoms with Crippen LogP contribution in [0.2, 0.25) is 0 Å². The fourth-order valence-corrected chi connectivity index (χ4v) is 5.70. The highest BCUT2D eigenvalue weighted by Gasteiger charge is 2.29. The Morgan fingerprint density at radius 3 is 2.41 bits per heavy atom. The summed E-state index contributed by atoms with van der Waals surface area (Å²) < 4.78 is 34.0. The number of amides is 1. The van der Waals surface area contributed by atoms with Crippen molar-refractivity contribution in [2.24, 2.45) is 0 Å². The van der Waals surface area contributed by atoms with Crippen LogP contribution in [0.1, 0.15) is 48.1 Å². The number of sulfonamides is 1. The van der Waals surface area contributed by atoms with E-state index in [2.05, 4.69) is 0 Å². The summed E-state index contributed by atoms with van der Waals surface area (Å²) in [5.41, 5.74) is 3.54. The van der Waals surface area contributed by atoms with Crippen LogP contribution in [0.15, 0.2) is 29.2 Å². The molecule has 9 heteroatoms. The van der Waals surface area contributed by atoms with Gasteiger partial charge in [-0.1, -0.05) is 13.8 Å². The Balaban J connectivity index is 1.83. The molecule has 1 aromatic carbocycles. The second-order valence-electron chi connectivity index (χ2n) is 7.77. The first-order chi connectivity index (χ1) is 15.1. The smallest absolute Gasteiger partial charge is 0.339 e. The monoisotopic (exact) mass is 461 g/mol. The van der Waals surface area contributed by atoms with Gasteiger partial charge in [0, 0.05) is 36.7 Å². The van der Waals surface area contributed by atoms with E-state index in [0.29, 0.717) is 37.3 Å². The van der Waals surface area contributed by atoms with Gasteiger partial charge in [0.2, 0.25) is 15.9 Å². The lowest BCUT2D eigenvalue weighted by Gasteiger charge is -2.21. The van der Waals surface area contributed by atoms with Gasteiger partial charge in [-0.2, -0.15) is 4.31 Å². The number of aryl methyl sites for hydroxylation is 1. The lowest BCUT2D eigenvalue weighted by atomic mass is 10.2. The molecule has 0 N–H and O–H groups in total. The molecule has 2 heterocycles. The van der Waals surface area contributed by atoms with Crippen LogP contribution in [-0.4, -0.2) is 55.4 Å². The number of esters is 1. The Morgan fingerprint density at radius 1 is 1.09 bits per heavy atom. The topological polar surface area (TPSA) is 88.9 Å². The minimum absolute atomic E-state index is 0.0933. The number of carbonyl (C=O) groups is 2. The highest BCUT2D eigenvalue weighted by Crippen LogP contribution is 2.31. The average molecular weight is 462 g/mol. The van der Waals surface area contributed by atoms with Crippen molar-refractivity contribution in [1.29, 1.82) is 0 Å². The van der Waals surface area contributed by atoms with Crippen LogP contribution in [-0.2, 0) is 32.5 Å². The van der Waals surface area contributed by atoms with Crippen LogP contribution in [0.25, 0.3) is 0 Å². The number of carbonyl (C=O) groups excluding carboxylic acids is 2. The molecule has 0 atom stereocenters. The summed E-state index contributed by atoms with van der Waals surface area (Å²) in [4.78, 5) is 27.2. The standard InChI is InChI=1S/C23H31N3O5S/c1-6-24(7-2)32(29,30)19-9-10-21-18(14-19)11-12-25(21)22(27)15-26-16(4)13-20(17(26)5)23(28)31-8-3/h9-10,13-14H,6-8,11-12,15H2,1-5H3. The van der Waals surface area contributed by atoms with E-state index in [1.165, 1.54) is 4.31 Å². The molecule has 0 saturated carbocycles. The van der Waals surface area contributed by atoms with Gasteiger partial charge < -0.3 is 14.2 Å². The maximum Gasteiger partial charge on any atom is 0.339 e. The highest BCUT2D eigenvalue weighted by molar-refractivity contribution is 7.89. The van der Waals surface area contributed by atoms with Crippen molar-refractivity contribution in [2.75, 3.05) is 31.1 Å². The predicted octanol–water partition coefficient (Wildman–Crippen LogP) is 2.90. The lowest BCUT2D eigenvalue weighted by molar-refractivity contribution is -0.119. The normalized spacial score (nSPS) is 13.5. The number of anilines is 1. The fourth-order valence-electron chi connectivity index (χ4n) is 4.19. The average Bonchev–Trinajstić information content (AvgIpc) is 3.30. The minimum Gasteiger partial charge on any atom is -0.462 e. The Hall–Kier alpha value is -2.65. The van der Waals surface area contributed by atoms with E-state index in [1.54, 1.807) is 43.0 Å². The Kier molecular flexibility index (Phi) is 7.09. The van der Waals surface area contributed by atoms with Crippen molar-refractivity contribution >= 4 is 27.6 Å². The van der Waals surface area contributed by atoms with E-state index in [9.17, 15) is 18.0 Å². The summed E-state index contributed by atoms with van der Waals surface area (Å²) >= 11 is 0. The van der Waals surface area contributed by atoms with Crippen LogP contribution in [0.3, 0.4) is 0 Å². The SMILES string of the molecule is CCOC(=O)c1cc(C)n(CC(=O)N2CCc3cc(S(=O)(=O)N(CC)CC)ccc32)c1C. The molecule has 0 radical (unpaired) electrons. The van der Waals surface area contributed by atoms with Crippen molar-refractivity contribution in [2.45, 2.75) is 52.5 Å². The Labute approximate surface area is 189 Å². The van der Waals surface area contributed by atoms with E-state index in [-0.39, 0.29) is 24.0 Å². The number of ether oxygens (including phenoxy) is 1. The number of benzene rings is 1. The first-order valence-corrected chi connectivity index (χ1v) is 12.4. The summed E-state index contributed by atoms with van der Waals surface area (Å²) in [6.07, 6.45) is 0.598. The molecule has 0 aliphatic carbocycles. The van der Waals surface area contributed by atoms with Gasteiger partial charge in [0.25, 0.3) is 0 Å². The molecule has 174 valence electrons. The van der Waals surface area contributed by atoms with Crippen LogP contribution in [0.5, 0.6) is 0 Å². The first-order valence-electron chi connectivity index (χ1n) is 10.9. The highest BCUT2D eigenvalue weighted by atomic mass is 32.2. The van der Waals surface area contributed by atoms with E-state index in [4.69, 9.17) is 4.74 Å². The number of nitrogens with zero attached hydrogens (tertiary/aromatic N) is 3. The van der Waals surface area contributed by atoms with E-state index in [0.717, 1.165) is 16.9 Å². The van der Waals surface area contributed by atoms with Gasteiger partial charge in [-0.25, -0.2) is 13.2 Å². The lowest BCUT2D eigenvalue weighted by Crippen LogP contribution is -2.33. The zero-order chi connectivity index (χ0) is 23.6. The molecule has 32 heavy (non-hydrogen) atoms. The van der Waals surface area contributed by atoms with Gasteiger partial charge in [0.15, 0.2) is 0 Å². The summed E-state index contributed by atoms with van der Waals surface area (Å²) in [6.45, 7) is 10.7. The van der Waals surface area contributed by atoms with Gasteiger partial charge in [-0.15, -0.1) is 0 Å². The molecule has 3 rings (SSSR count). The molecule has 1 amide bonds. The maximum absolute atomic E-state index is 13.1. The summed E-state index contributed by atoms with van der Waals surface area (Å²) in [5, 5.41) is 0. The molecular formula is C23H31N3O5S. The maximum atomic E-state index is 13.1. The number of aromatic nitrogens is 1. The molecule has 1 aromatic heterocycles. The number of hydrogen-bond acceptors (Lipinski definition) is 5. The zero-order valence-electron chi connectivity index (χ0n) is 19.3. The third kappa shape index (κ3) is 4.31. The third-order valence-electron chi connectivity index (χ3n) is 5.95. The van der Waals surface area contributed by atoms with Crippen LogP contribution >= 0.6 is 0 Å². The van der Waals surface area contributed by atoms with Gasteiger partial charge in [-0.05, 0) is 57.0 Å². The molecule has 0 spiro atoms. The van der Waals surface area contributed by atoms with Crippen molar-refractivity contribution < 1.29 is 22.7 Å². The Bertz CT molecular complexity index is 1130. The molecule has 1 aliphatic rings. The summed E-state index contributed by atoms with van der Waals surface area (Å²) in [7, 11) is -3.55. The van der Waals surface area contributed by atoms with Gasteiger partial charge in [-0.3, -0.25) is 4.79 Å². The van der Waals surface area contributed by atoms with Gasteiger partial charge >= 0.3 is 5.97 Å². The van der Waals surface area contributed by atoms with Crippen LogP contribution in [0.4, 0.5) is 5.69 Å². The number of rotatable bonds is 8. The summed E-state index contributed by atoms with van der Waals surface area (Å²) in [5.74, 6) is -0.506. The van der Waals surface area contributed by atoms with Gasteiger partial charge in [0.05, 0.1) is 17.1 Å². The number of fused-ring (bicyclic) bond motifs is 1. The molecule has 0 unspecified atom stereocenters. The quantitative estimate of drug-likeness (QED) is 0.564. The fraction of sp³-hybridized carbons (Fsp3) is 0.478.